The molecule has 0 bridgehead atoms. The van der Waals surface area contributed by atoms with Crippen molar-refractivity contribution in [3.63, 3.8) is 0 Å². The van der Waals surface area contributed by atoms with Crippen molar-refractivity contribution in [2.24, 2.45) is 0 Å². The van der Waals surface area contributed by atoms with Gasteiger partial charge in [-0.2, -0.15) is 8.42 Å². The summed E-state index contributed by atoms with van der Waals surface area (Å²) in [5.74, 6) is 0. The van der Waals surface area contributed by atoms with Gasteiger partial charge >= 0.3 is 10.1 Å². The summed E-state index contributed by atoms with van der Waals surface area (Å²) in [5, 5.41) is 0. The predicted molar refractivity (Wildman–Crippen MR) is 80.7 cm³/mol. The van der Waals surface area contributed by atoms with Gasteiger partial charge in [-0.05, 0) is 31.0 Å². The van der Waals surface area contributed by atoms with Crippen molar-refractivity contribution in [2.45, 2.75) is 18.2 Å². The Morgan fingerprint density at radius 3 is 2.52 bits per heavy atom. The molecule has 1 aliphatic carbocycles. The molecule has 1 N–H and O–H groups in total. The molecule has 21 heavy (non-hydrogen) atoms. The first-order valence-electron chi connectivity index (χ1n) is 6.61. The van der Waals surface area contributed by atoms with E-state index in [4.69, 9.17) is 4.28 Å². The minimum Gasteiger partial charge on any atom is -0.249 e. The van der Waals surface area contributed by atoms with E-state index in [0.29, 0.717) is 5.70 Å². The van der Waals surface area contributed by atoms with Crippen LogP contribution >= 0.6 is 0 Å². The van der Waals surface area contributed by atoms with Gasteiger partial charge in [-0.15, -0.1) is 4.28 Å². The number of benzene rings is 2. The van der Waals surface area contributed by atoms with Gasteiger partial charge in [0.1, 0.15) is 0 Å². The van der Waals surface area contributed by atoms with Crippen molar-refractivity contribution in [3.8, 4) is 0 Å². The molecule has 0 fully saturated rings. The zero-order valence-electron chi connectivity index (χ0n) is 11.5. The Hall–Kier alpha value is -2.11. The highest BCUT2D eigenvalue weighted by atomic mass is 32.2. The van der Waals surface area contributed by atoms with E-state index in [9.17, 15) is 8.42 Å². The number of hydrogen-bond acceptors (Lipinski definition) is 4. The maximum absolute atomic E-state index is 12.1. The average molecular weight is 301 g/mol. The second kappa shape index (κ2) is 5.35. The lowest BCUT2D eigenvalue weighted by Gasteiger charge is -2.10. The Kier molecular flexibility index (Phi) is 3.53. The maximum atomic E-state index is 12.1. The van der Waals surface area contributed by atoms with Crippen molar-refractivity contribution in [3.05, 3.63) is 71.3 Å². The molecular formula is C16H15NO3S. The number of allylic oxidation sites excluding steroid dienone is 1. The molecule has 0 unspecified atom stereocenters. The summed E-state index contributed by atoms with van der Waals surface area (Å²) >= 11 is 0. The Morgan fingerprint density at radius 1 is 1.05 bits per heavy atom. The van der Waals surface area contributed by atoms with Crippen LogP contribution in [-0.4, -0.2) is 8.42 Å². The monoisotopic (exact) mass is 301 g/mol. The Morgan fingerprint density at radius 2 is 1.76 bits per heavy atom. The highest BCUT2D eigenvalue weighted by Crippen LogP contribution is 2.25. The maximum Gasteiger partial charge on any atom is 0.317 e. The van der Waals surface area contributed by atoms with Crippen molar-refractivity contribution in [1.29, 1.82) is 0 Å². The van der Waals surface area contributed by atoms with Crippen molar-refractivity contribution in [1.82, 2.24) is 5.48 Å². The lowest BCUT2D eigenvalue weighted by molar-refractivity contribution is 0.259. The molecule has 2 aromatic rings. The van der Waals surface area contributed by atoms with Gasteiger partial charge in [0.15, 0.2) is 0 Å². The quantitative estimate of drug-likeness (QED) is 0.882. The van der Waals surface area contributed by atoms with Gasteiger partial charge in [-0.25, -0.2) is 5.48 Å². The van der Waals surface area contributed by atoms with Crippen molar-refractivity contribution >= 4 is 15.8 Å². The molecule has 0 atom stereocenters. The van der Waals surface area contributed by atoms with Gasteiger partial charge in [0.25, 0.3) is 0 Å². The van der Waals surface area contributed by atoms with Crippen LogP contribution in [0.15, 0.2) is 59.5 Å². The van der Waals surface area contributed by atoms with Gasteiger partial charge in [0.2, 0.25) is 0 Å². The van der Waals surface area contributed by atoms with Gasteiger partial charge in [-0.3, -0.25) is 0 Å². The zero-order valence-corrected chi connectivity index (χ0v) is 12.4. The lowest BCUT2D eigenvalue weighted by Crippen LogP contribution is -2.18. The van der Waals surface area contributed by atoms with Gasteiger partial charge in [0.05, 0.1) is 10.6 Å². The number of rotatable bonds is 4. The number of fused-ring (bicyclic) bond motifs is 1. The van der Waals surface area contributed by atoms with Crippen LogP contribution < -0.4 is 5.48 Å². The fourth-order valence-corrected chi connectivity index (χ4v) is 3.00. The molecule has 0 radical (unpaired) electrons. The van der Waals surface area contributed by atoms with E-state index < -0.39 is 10.1 Å². The molecule has 0 saturated carbocycles. The molecular weight excluding hydrogens is 286 g/mol. The van der Waals surface area contributed by atoms with Crippen LogP contribution in [0.3, 0.4) is 0 Å². The van der Waals surface area contributed by atoms with Gasteiger partial charge in [-0.1, -0.05) is 48.0 Å². The molecule has 4 nitrogen and oxygen atoms in total. The molecule has 5 heteroatoms. The lowest BCUT2D eigenvalue weighted by atomic mass is 10.1. The summed E-state index contributed by atoms with van der Waals surface area (Å²) < 4.78 is 29.2. The topological polar surface area (TPSA) is 55.4 Å². The fraction of sp³-hybridized carbons (Fsp3) is 0.125. The molecule has 0 aliphatic heterocycles. The van der Waals surface area contributed by atoms with E-state index >= 15 is 0 Å². The second-order valence-corrected chi connectivity index (χ2v) is 6.48. The van der Waals surface area contributed by atoms with Crippen molar-refractivity contribution < 1.29 is 12.7 Å². The summed E-state index contributed by atoms with van der Waals surface area (Å²) in [7, 11) is -3.82. The van der Waals surface area contributed by atoms with E-state index in [2.05, 4.69) is 5.48 Å². The van der Waals surface area contributed by atoms with E-state index in [1.165, 1.54) is 12.1 Å². The third-order valence-electron chi connectivity index (χ3n) is 3.40. The van der Waals surface area contributed by atoms with E-state index in [1.54, 1.807) is 12.1 Å². The fourth-order valence-electron chi connectivity index (χ4n) is 2.23. The smallest absolute Gasteiger partial charge is 0.249 e. The van der Waals surface area contributed by atoms with Crippen LogP contribution in [0.5, 0.6) is 0 Å². The predicted octanol–water partition coefficient (Wildman–Crippen LogP) is 2.80. The normalized spacial score (nSPS) is 13.7. The standard InChI is InChI=1S/C16H15NO3S/c1-12-6-9-14(10-7-12)21(18,19)20-17-16-11-8-13-4-2-3-5-15(13)16/h2-7,9-11,17H,8H2,1H3. The molecule has 0 heterocycles. The highest BCUT2D eigenvalue weighted by molar-refractivity contribution is 7.86. The van der Waals surface area contributed by atoms with Crippen molar-refractivity contribution in [2.75, 3.05) is 0 Å². The summed E-state index contributed by atoms with van der Waals surface area (Å²) in [6.07, 6.45) is 2.68. The molecule has 108 valence electrons. The molecule has 0 amide bonds. The Balaban J connectivity index is 1.75. The summed E-state index contributed by atoms with van der Waals surface area (Å²) in [5.41, 5.74) is 6.36. The van der Waals surface area contributed by atoms with E-state index in [1.807, 2.05) is 37.3 Å². The average Bonchev–Trinajstić information content (AvgIpc) is 2.89. The van der Waals surface area contributed by atoms with Crippen LogP contribution in [0.25, 0.3) is 5.70 Å². The van der Waals surface area contributed by atoms with E-state index in [0.717, 1.165) is 23.1 Å². The van der Waals surface area contributed by atoms with Gasteiger partial charge < -0.3 is 0 Å². The Labute approximate surface area is 124 Å². The van der Waals surface area contributed by atoms with Gasteiger partial charge in [0, 0.05) is 5.56 Å². The summed E-state index contributed by atoms with van der Waals surface area (Å²) in [4.78, 5) is 0.132. The van der Waals surface area contributed by atoms with Crippen LogP contribution in [0.4, 0.5) is 0 Å². The Bertz CT molecular complexity index is 793. The molecule has 0 spiro atoms. The van der Waals surface area contributed by atoms with Crippen LogP contribution in [-0.2, 0) is 20.8 Å². The first-order valence-corrected chi connectivity index (χ1v) is 8.02. The molecule has 0 aromatic heterocycles. The molecule has 2 aromatic carbocycles. The second-order valence-electron chi connectivity index (χ2n) is 4.93. The molecule has 3 rings (SSSR count). The summed E-state index contributed by atoms with van der Waals surface area (Å²) in [6, 6.07) is 14.3. The first-order chi connectivity index (χ1) is 10.1. The third kappa shape index (κ3) is 2.84. The number of aryl methyl sites for hydroxylation is 1. The number of nitrogens with one attached hydrogen (secondary N) is 1. The zero-order chi connectivity index (χ0) is 14.9. The number of hydroxylamine groups is 1. The third-order valence-corrected chi connectivity index (χ3v) is 4.56. The van der Waals surface area contributed by atoms with Crippen LogP contribution in [0, 0.1) is 6.92 Å². The first kappa shape index (κ1) is 13.9. The number of hydrogen-bond donors (Lipinski definition) is 1. The minimum absolute atomic E-state index is 0.132. The molecule has 0 saturated heterocycles. The largest absolute Gasteiger partial charge is 0.317 e. The van der Waals surface area contributed by atoms with E-state index in [-0.39, 0.29) is 4.90 Å². The minimum atomic E-state index is -3.82. The SMILES string of the molecule is Cc1ccc(S(=O)(=O)ONC2=CCc3ccccc32)cc1. The van der Waals surface area contributed by atoms with Crippen LogP contribution in [0.1, 0.15) is 16.7 Å². The summed E-state index contributed by atoms with van der Waals surface area (Å²) in [6.45, 7) is 1.90. The molecule has 1 aliphatic rings. The highest BCUT2D eigenvalue weighted by Gasteiger charge is 2.19. The van der Waals surface area contributed by atoms with Crippen LogP contribution in [0.2, 0.25) is 0 Å².